The number of anilines is 1. The van der Waals surface area contributed by atoms with Crippen LogP contribution >= 0.6 is 0 Å². The standard InChI is InChI=1S/C26H36N2O3S/c1-6-24(22-13-12-20-10-8-9-11-21(20)17-22)27-26(29)25(7-2)28(32(5,30)31)23-15-18(3)14-19(4)16-23/h12-17,24-25H,6-11H2,1-5H3,(H,27,29)/t24-,25-/m1/s1. The van der Waals surface area contributed by atoms with Crippen LogP contribution in [0.4, 0.5) is 5.69 Å². The lowest BCUT2D eigenvalue weighted by molar-refractivity contribution is -0.123. The maximum atomic E-state index is 13.4. The van der Waals surface area contributed by atoms with Gasteiger partial charge in [0, 0.05) is 0 Å². The van der Waals surface area contributed by atoms with Gasteiger partial charge >= 0.3 is 0 Å². The molecule has 0 radical (unpaired) electrons. The van der Waals surface area contributed by atoms with E-state index in [-0.39, 0.29) is 11.9 Å². The van der Waals surface area contributed by atoms with Gasteiger partial charge in [0.05, 0.1) is 18.0 Å². The SMILES string of the molecule is CC[C@H](C(=O)N[C@H](CC)c1ccc2c(c1)CCCC2)N(c1cc(C)cc(C)c1)S(C)(=O)=O. The number of carbonyl (C=O) groups excluding carboxylic acids is 1. The van der Waals surface area contributed by atoms with Gasteiger partial charge in [-0.25, -0.2) is 8.42 Å². The van der Waals surface area contributed by atoms with E-state index in [2.05, 4.69) is 23.5 Å². The number of nitrogens with zero attached hydrogens (tertiary/aromatic N) is 1. The topological polar surface area (TPSA) is 66.5 Å². The monoisotopic (exact) mass is 456 g/mol. The summed E-state index contributed by atoms with van der Waals surface area (Å²) >= 11 is 0. The van der Waals surface area contributed by atoms with Crippen LogP contribution in [0.3, 0.4) is 0 Å². The molecule has 2 aromatic rings. The van der Waals surface area contributed by atoms with E-state index < -0.39 is 16.1 Å². The molecule has 5 nitrogen and oxygen atoms in total. The lowest BCUT2D eigenvalue weighted by Gasteiger charge is -2.32. The van der Waals surface area contributed by atoms with Crippen LogP contribution in [0, 0.1) is 13.8 Å². The van der Waals surface area contributed by atoms with Crippen LogP contribution < -0.4 is 9.62 Å². The minimum Gasteiger partial charge on any atom is -0.347 e. The van der Waals surface area contributed by atoms with Gasteiger partial charge in [0.2, 0.25) is 15.9 Å². The molecule has 1 amide bonds. The third kappa shape index (κ3) is 5.52. The van der Waals surface area contributed by atoms with Gasteiger partial charge < -0.3 is 5.32 Å². The summed E-state index contributed by atoms with van der Waals surface area (Å²) in [5.41, 5.74) is 6.34. The summed E-state index contributed by atoms with van der Waals surface area (Å²) in [6.45, 7) is 7.76. The average Bonchev–Trinajstić information content (AvgIpc) is 2.73. The van der Waals surface area contributed by atoms with Crippen molar-refractivity contribution < 1.29 is 13.2 Å². The Morgan fingerprint density at radius 3 is 2.16 bits per heavy atom. The molecule has 0 bridgehead atoms. The van der Waals surface area contributed by atoms with Crippen LogP contribution in [0.25, 0.3) is 0 Å². The number of aryl methyl sites for hydroxylation is 4. The molecular weight excluding hydrogens is 420 g/mol. The molecule has 2 atom stereocenters. The summed E-state index contributed by atoms with van der Waals surface area (Å²) < 4.78 is 26.9. The van der Waals surface area contributed by atoms with Gasteiger partial charge in [-0.2, -0.15) is 0 Å². The van der Waals surface area contributed by atoms with E-state index >= 15 is 0 Å². The second-order valence-electron chi connectivity index (χ2n) is 9.03. The number of nitrogens with one attached hydrogen (secondary N) is 1. The van der Waals surface area contributed by atoms with Crippen LogP contribution in [0.2, 0.25) is 0 Å². The molecule has 0 aromatic heterocycles. The molecule has 174 valence electrons. The molecule has 0 spiro atoms. The first-order valence-corrected chi connectivity index (χ1v) is 13.5. The average molecular weight is 457 g/mol. The Labute approximate surface area is 193 Å². The summed E-state index contributed by atoms with van der Waals surface area (Å²) in [5, 5.41) is 3.15. The number of amides is 1. The predicted octanol–water partition coefficient (Wildman–Crippen LogP) is 4.99. The molecule has 1 aliphatic rings. The van der Waals surface area contributed by atoms with Crippen molar-refractivity contribution in [2.24, 2.45) is 0 Å². The molecule has 2 aromatic carbocycles. The summed E-state index contributed by atoms with van der Waals surface area (Å²) in [4.78, 5) is 13.4. The second kappa shape index (κ2) is 10.1. The van der Waals surface area contributed by atoms with Crippen LogP contribution in [-0.2, 0) is 27.7 Å². The molecule has 6 heteroatoms. The van der Waals surface area contributed by atoms with Crippen molar-refractivity contribution >= 4 is 21.6 Å². The number of rotatable bonds is 8. The maximum Gasteiger partial charge on any atom is 0.244 e. The number of sulfonamides is 1. The highest BCUT2D eigenvalue weighted by Crippen LogP contribution is 2.28. The van der Waals surface area contributed by atoms with Crippen LogP contribution in [0.5, 0.6) is 0 Å². The van der Waals surface area contributed by atoms with E-state index in [4.69, 9.17) is 0 Å². The Bertz CT molecular complexity index is 1060. The molecule has 0 unspecified atom stereocenters. The summed E-state index contributed by atoms with van der Waals surface area (Å²) in [6.07, 6.45) is 6.93. The van der Waals surface area contributed by atoms with Crippen molar-refractivity contribution in [3.63, 3.8) is 0 Å². The van der Waals surface area contributed by atoms with Crippen molar-refractivity contribution in [3.05, 3.63) is 64.2 Å². The largest absolute Gasteiger partial charge is 0.347 e. The molecule has 3 rings (SSSR count). The van der Waals surface area contributed by atoms with Crippen molar-refractivity contribution in [3.8, 4) is 0 Å². The first-order valence-electron chi connectivity index (χ1n) is 11.6. The van der Waals surface area contributed by atoms with E-state index in [1.54, 1.807) is 0 Å². The van der Waals surface area contributed by atoms with Crippen molar-refractivity contribution in [1.29, 1.82) is 0 Å². The summed E-state index contributed by atoms with van der Waals surface area (Å²) in [5.74, 6) is -0.262. The van der Waals surface area contributed by atoms with E-state index in [1.807, 2.05) is 45.9 Å². The number of hydrogen-bond donors (Lipinski definition) is 1. The van der Waals surface area contributed by atoms with Gasteiger partial charge in [-0.1, -0.05) is 38.1 Å². The zero-order valence-electron chi connectivity index (χ0n) is 19.9. The molecule has 0 fully saturated rings. The fraction of sp³-hybridized carbons (Fsp3) is 0.500. The number of hydrogen-bond acceptors (Lipinski definition) is 3. The maximum absolute atomic E-state index is 13.4. The van der Waals surface area contributed by atoms with Crippen LogP contribution in [0.1, 0.15) is 73.4 Å². The minimum atomic E-state index is -3.65. The number of benzene rings is 2. The third-order valence-electron chi connectivity index (χ3n) is 6.29. The Balaban J connectivity index is 1.90. The van der Waals surface area contributed by atoms with E-state index in [1.165, 1.54) is 34.5 Å². The van der Waals surface area contributed by atoms with Crippen LogP contribution in [0.15, 0.2) is 36.4 Å². The second-order valence-corrected chi connectivity index (χ2v) is 10.9. The smallest absolute Gasteiger partial charge is 0.244 e. The van der Waals surface area contributed by atoms with Crippen molar-refractivity contribution in [2.45, 2.75) is 78.3 Å². The van der Waals surface area contributed by atoms with Crippen LogP contribution in [-0.4, -0.2) is 26.6 Å². The fourth-order valence-corrected chi connectivity index (χ4v) is 5.99. The molecule has 1 N–H and O–H groups in total. The Hall–Kier alpha value is -2.34. The highest BCUT2D eigenvalue weighted by molar-refractivity contribution is 7.92. The Morgan fingerprint density at radius 1 is 0.969 bits per heavy atom. The molecule has 32 heavy (non-hydrogen) atoms. The van der Waals surface area contributed by atoms with E-state index in [0.717, 1.165) is 36.0 Å². The van der Waals surface area contributed by atoms with E-state index in [0.29, 0.717) is 12.1 Å². The van der Waals surface area contributed by atoms with Crippen molar-refractivity contribution in [1.82, 2.24) is 5.32 Å². The van der Waals surface area contributed by atoms with Gasteiger partial charge in [-0.3, -0.25) is 9.10 Å². The quantitative estimate of drug-likeness (QED) is 0.608. The fourth-order valence-electron chi connectivity index (χ4n) is 4.80. The number of carbonyl (C=O) groups is 1. The molecule has 0 aliphatic heterocycles. The number of fused-ring (bicyclic) bond motifs is 1. The molecule has 1 aliphatic carbocycles. The third-order valence-corrected chi connectivity index (χ3v) is 7.47. The van der Waals surface area contributed by atoms with E-state index in [9.17, 15) is 13.2 Å². The highest BCUT2D eigenvalue weighted by atomic mass is 32.2. The first-order chi connectivity index (χ1) is 15.1. The molecule has 0 heterocycles. The zero-order valence-corrected chi connectivity index (χ0v) is 20.8. The first kappa shape index (κ1) is 24.3. The molecule has 0 saturated heterocycles. The molecular formula is C26H36N2O3S. The van der Waals surface area contributed by atoms with Gasteiger partial charge in [-0.05, 0) is 92.3 Å². The predicted molar refractivity (Wildman–Crippen MR) is 132 cm³/mol. The van der Waals surface area contributed by atoms with Crippen molar-refractivity contribution in [2.75, 3.05) is 10.6 Å². The normalized spacial score (nSPS) is 15.5. The van der Waals surface area contributed by atoms with Gasteiger partial charge in [-0.15, -0.1) is 0 Å². The zero-order chi connectivity index (χ0) is 23.5. The van der Waals surface area contributed by atoms with Gasteiger partial charge in [0.15, 0.2) is 0 Å². The molecule has 0 saturated carbocycles. The lowest BCUT2D eigenvalue weighted by atomic mass is 9.88. The summed E-state index contributed by atoms with van der Waals surface area (Å²) in [7, 11) is -3.65. The highest BCUT2D eigenvalue weighted by Gasteiger charge is 2.32. The van der Waals surface area contributed by atoms with Gasteiger partial charge in [0.1, 0.15) is 6.04 Å². The summed E-state index contributed by atoms with van der Waals surface area (Å²) in [6, 6.07) is 11.2. The minimum absolute atomic E-state index is 0.149. The Morgan fingerprint density at radius 2 is 1.59 bits per heavy atom. The van der Waals surface area contributed by atoms with Gasteiger partial charge in [0.25, 0.3) is 0 Å². The Kier molecular flexibility index (Phi) is 7.65. The lowest BCUT2D eigenvalue weighted by Crippen LogP contribution is -2.50.